The summed E-state index contributed by atoms with van der Waals surface area (Å²) in [7, 11) is 0. The maximum Gasteiger partial charge on any atom is 0.321 e. The van der Waals surface area contributed by atoms with Gasteiger partial charge in [-0.3, -0.25) is 4.90 Å². The van der Waals surface area contributed by atoms with Crippen LogP contribution in [0.15, 0.2) is 54.6 Å². The average molecular weight is 372 g/mol. The molecule has 0 bridgehead atoms. The number of carbonyl (C=O) groups is 1. The molecule has 2 amide bonds. The van der Waals surface area contributed by atoms with Crippen LogP contribution in [0.2, 0.25) is 5.02 Å². The zero-order valence-corrected chi connectivity index (χ0v) is 16.1. The molecule has 2 aromatic rings. The predicted octanol–water partition coefficient (Wildman–Crippen LogP) is 4.51. The van der Waals surface area contributed by atoms with Crippen LogP contribution in [0.5, 0.6) is 0 Å². The summed E-state index contributed by atoms with van der Waals surface area (Å²) in [6.45, 7) is 6.88. The molecule has 2 atom stereocenters. The Morgan fingerprint density at radius 2 is 1.65 bits per heavy atom. The Morgan fingerprint density at radius 3 is 2.27 bits per heavy atom. The number of amides is 2. The van der Waals surface area contributed by atoms with Gasteiger partial charge in [-0.15, -0.1) is 0 Å². The van der Waals surface area contributed by atoms with Gasteiger partial charge in [-0.1, -0.05) is 41.9 Å². The molecular formula is C21H26ClN3O. The van der Waals surface area contributed by atoms with Crippen molar-refractivity contribution in [1.82, 2.24) is 9.80 Å². The lowest BCUT2D eigenvalue weighted by atomic mass is 10.1. The fourth-order valence-electron chi connectivity index (χ4n) is 3.60. The van der Waals surface area contributed by atoms with E-state index < -0.39 is 0 Å². The topological polar surface area (TPSA) is 35.6 Å². The Kier molecular flexibility index (Phi) is 6.17. The quantitative estimate of drug-likeness (QED) is 0.858. The second kappa shape index (κ2) is 8.56. The highest BCUT2D eigenvalue weighted by atomic mass is 35.5. The van der Waals surface area contributed by atoms with Crippen LogP contribution >= 0.6 is 11.6 Å². The van der Waals surface area contributed by atoms with E-state index in [0.29, 0.717) is 17.1 Å². The molecule has 0 aromatic heterocycles. The summed E-state index contributed by atoms with van der Waals surface area (Å²) in [5.41, 5.74) is 2.13. The largest absolute Gasteiger partial charge is 0.321 e. The molecule has 1 fully saturated rings. The van der Waals surface area contributed by atoms with Gasteiger partial charge in [-0.2, -0.15) is 0 Å². The van der Waals surface area contributed by atoms with Gasteiger partial charge in [0.25, 0.3) is 0 Å². The molecular weight excluding hydrogens is 346 g/mol. The van der Waals surface area contributed by atoms with E-state index in [-0.39, 0.29) is 6.03 Å². The first kappa shape index (κ1) is 18.7. The monoisotopic (exact) mass is 371 g/mol. The summed E-state index contributed by atoms with van der Waals surface area (Å²) in [5, 5.41) is 3.63. The van der Waals surface area contributed by atoms with E-state index in [9.17, 15) is 4.79 Å². The average Bonchev–Trinajstić information content (AvgIpc) is 2.63. The Bertz CT molecular complexity index is 708. The number of anilines is 1. The molecule has 2 unspecified atom stereocenters. The van der Waals surface area contributed by atoms with Crippen LogP contribution in [-0.2, 0) is 6.42 Å². The Balaban J connectivity index is 1.55. The van der Waals surface area contributed by atoms with Crippen LogP contribution in [0.1, 0.15) is 19.4 Å². The maximum absolute atomic E-state index is 12.6. The highest BCUT2D eigenvalue weighted by molar-refractivity contribution is 6.30. The minimum atomic E-state index is -0.0475. The summed E-state index contributed by atoms with van der Waals surface area (Å²) in [6.07, 6.45) is 1.03. The van der Waals surface area contributed by atoms with Gasteiger partial charge in [0.1, 0.15) is 0 Å². The van der Waals surface area contributed by atoms with E-state index in [0.717, 1.165) is 31.7 Å². The molecule has 3 rings (SSSR count). The highest BCUT2D eigenvalue weighted by Crippen LogP contribution is 2.19. The first-order chi connectivity index (χ1) is 12.5. The van der Waals surface area contributed by atoms with E-state index in [1.165, 1.54) is 5.56 Å². The van der Waals surface area contributed by atoms with E-state index in [1.54, 1.807) is 12.1 Å². The fourth-order valence-corrected chi connectivity index (χ4v) is 3.73. The van der Waals surface area contributed by atoms with Crippen molar-refractivity contribution in [2.45, 2.75) is 32.4 Å². The number of hydrogen-bond acceptors (Lipinski definition) is 2. The van der Waals surface area contributed by atoms with Crippen molar-refractivity contribution in [2.75, 3.05) is 25.0 Å². The number of nitrogens with zero attached hydrogens (tertiary/aromatic N) is 2. The van der Waals surface area contributed by atoms with Crippen LogP contribution < -0.4 is 5.32 Å². The van der Waals surface area contributed by atoms with Gasteiger partial charge >= 0.3 is 6.03 Å². The molecule has 5 heteroatoms. The van der Waals surface area contributed by atoms with Gasteiger partial charge in [0, 0.05) is 42.4 Å². The van der Waals surface area contributed by atoms with Crippen LogP contribution in [0.4, 0.5) is 10.5 Å². The Morgan fingerprint density at radius 1 is 1.04 bits per heavy atom. The van der Waals surface area contributed by atoms with Crippen molar-refractivity contribution in [1.29, 1.82) is 0 Å². The van der Waals surface area contributed by atoms with Crippen LogP contribution in [0.25, 0.3) is 0 Å². The normalized spacial score (nSPS) is 20.8. The van der Waals surface area contributed by atoms with E-state index in [2.05, 4.69) is 48.3 Å². The molecule has 26 heavy (non-hydrogen) atoms. The van der Waals surface area contributed by atoms with Crippen LogP contribution in [0, 0.1) is 0 Å². The third-order valence-corrected chi connectivity index (χ3v) is 5.24. The minimum absolute atomic E-state index is 0.0475. The van der Waals surface area contributed by atoms with Gasteiger partial charge in [-0.05, 0) is 50.1 Å². The van der Waals surface area contributed by atoms with E-state index in [1.807, 2.05) is 23.1 Å². The molecule has 1 saturated heterocycles. The molecule has 1 heterocycles. The smallest absolute Gasteiger partial charge is 0.321 e. The Labute approximate surface area is 160 Å². The van der Waals surface area contributed by atoms with Gasteiger partial charge in [0.15, 0.2) is 0 Å². The van der Waals surface area contributed by atoms with Crippen molar-refractivity contribution in [2.24, 2.45) is 0 Å². The molecule has 1 aliphatic heterocycles. The number of hydrogen-bond donors (Lipinski definition) is 1. The summed E-state index contributed by atoms with van der Waals surface area (Å²) >= 11 is 5.90. The molecule has 4 nitrogen and oxygen atoms in total. The number of benzene rings is 2. The fraction of sp³-hybridized carbons (Fsp3) is 0.381. The summed E-state index contributed by atoms with van der Waals surface area (Å²) in [5.74, 6) is 0. The number of carbonyl (C=O) groups excluding carboxylic acids is 1. The molecule has 0 radical (unpaired) electrons. The lowest BCUT2D eigenvalue weighted by Gasteiger charge is -2.44. The predicted molar refractivity (Wildman–Crippen MR) is 108 cm³/mol. The molecule has 1 N–H and O–H groups in total. The van der Waals surface area contributed by atoms with Crippen molar-refractivity contribution in [3.05, 3.63) is 65.2 Å². The zero-order chi connectivity index (χ0) is 18.5. The Hall–Kier alpha value is -2.04. The number of urea groups is 1. The van der Waals surface area contributed by atoms with Crippen molar-refractivity contribution in [3.63, 3.8) is 0 Å². The van der Waals surface area contributed by atoms with Crippen molar-refractivity contribution < 1.29 is 4.79 Å². The van der Waals surface area contributed by atoms with Crippen LogP contribution in [0.3, 0.4) is 0 Å². The van der Waals surface area contributed by atoms with Gasteiger partial charge in [0.05, 0.1) is 0 Å². The summed E-state index contributed by atoms with van der Waals surface area (Å²) < 4.78 is 0. The van der Waals surface area contributed by atoms with Gasteiger partial charge in [-0.25, -0.2) is 4.79 Å². The van der Waals surface area contributed by atoms with Gasteiger partial charge in [0.2, 0.25) is 0 Å². The number of nitrogens with one attached hydrogen (secondary N) is 1. The number of piperazine rings is 1. The molecule has 0 aliphatic carbocycles. The lowest BCUT2D eigenvalue weighted by Crippen LogP contribution is -2.59. The third-order valence-electron chi connectivity index (χ3n) is 4.99. The van der Waals surface area contributed by atoms with Crippen molar-refractivity contribution in [3.8, 4) is 0 Å². The standard InChI is InChI=1S/C21H26ClN3O/c1-16-14-24(21(26)23-20-10-8-19(22)9-11-20)15-17(2)25(16)13-12-18-6-4-3-5-7-18/h3-11,16-17H,12-15H2,1-2H3,(H,23,26). The third kappa shape index (κ3) is 4.77. The van der Waals surface area contributed by atoms with Crippen molar-refractivity contribution >= 4 is 23.3 Å². The zero-order valence-electron chi connectivity index (χ0n) is 15.4. The second-order valence-electron chi connectivity index (χ2n) is 7.01. The molecule has 0 saturated carbocycles. The minimum Gasteiger partial charge on any atom is -0.321 e. The van der Waals surface area contributed by atoms with E-state index in [4.69, 9.17) is 11.6 Å². The molecule has 2 aromatic carbocycles. The van der Waals surface area contributed by atoms with Gasteiger partial charge < -0.3 is 10.2 Å². The molecule has 138 valence electrons. The van der Waals surface area contributed by atoms with E-state index >= 15 is 0 Å². The SMILES string of the molecule is CC1CN(C(=O)Nc2ccc(Cl)cc2)CC(C)N1CCc1ccccc1. The lowest BCUT2D eigenvalue weighted by molar-refractivity contribution is 0.0599. The second-order valence-corrected chi connectivity index (χ2v) is 7.45. The molecule has 1 aliphatic rings. The maximum atomic E-state index is 12.6. The molecule has 0 spiro atoms. The highest BCUT2D eigenvalue weighted by Gasteiger charge is 2.31. The summed E-state index contributed by atoms with van der Waals surface area (Å²) in [6, 6.07) is 18.4. The summed E-state index contributed by atoms with van der Waals surface area (Å²) in [4.78, 5) is 17.0. The number of halogens is 1. The first-order valence-corrected chi connectivity index (χ1v) is 9.52. The van der Waals surface area contributed by atoms with Crippen LogP contribution in [-0.4, -0.2) is 47.5 Å². The first-order valence-electron chi connectivity index (χ1n) is 9.14. The number of rotatable bonds is 4.